The zero-order valence-electron chi connectivity index (χ0n) is 23.4. The first-order valence-corrected chi connectivity index (χ1v) is 14.3. The summed E-state index contributed by atoms with van der Waals surface area (Å²) in [6, 6.07) is 11.7. The van der Waals surface area contributed by atoms with E-state index in [4.69, 9.17) is 0 Å². The van der Waals surface area contributed by atoms with E-state index >= 15 is 0 Å². The monoisotopic (exact) mass is 524 g/mol. The lowest BCUT2D eigenvalue weighted by Crippen LogP contribution is -2.25. The van der Waals surface area contributed by atoms with Crippen LogP contribution >= 0.6 is 0 Å². The standard InChI is InChI=1S/C35H44N2O2/c1-2-3-4-5-6-7-8-9-10-11-12-13-14-15-16-17-21-25-34(38)26-22-27-37-35(39)33-28-32(29-36-30-33)31-23-19-18-20-24-31/h3-4,6-7,9-10,12-13,15-16,18-20,23-24,28-30H,2,5,8,11,14,17,21-22,25-27H2,1H3,(H,37,39)/b4-3-,7-6-,10-9-,13-12-,16-15-. The lowest BCUT2D eigenvalue weighted by molar-refractivity contribution is -0.119. The average molecular weight is 525 g/mol. The van der Waals surface area contributed by atoms with E-state index in [2.05, 4.69) is 78.0 Å². The van der Waals surface area contributed by atoms with Gasteiger partial charge in [0.15, 0.2) is 0 Å². The van der Waals surface area contributed by atoms with Crippen molar-refractivity contribution in [3.05, 3.63) is 115 Å². The van der Waals surface area contributed by atoms with Crippen molar-refractivity contribution >= 4 is 11.7 Å². The predicted octanol–water partition coefficient (Wildman–Crippen LogP) is 8.75. The first-order valence-electron chi connectivity index (χ1n) is 14.3. The molecule has 1 heterocycles. The fourth-order valence-electron chi connectivity index (χ4n) is 3.85. The maximum Gasteiger partial charge on any atom is 0.252 e. The molecular weight excluding hydrogens is 480 g/mol. The number of aromatic nitrogens is 1. The van der Waals surface area contributed by atoms with Crippen LogP contribution in [0.15, 0.2) is 110 Å². The number of pyridine rings is 1. The Morgan fingerprint density at radius 2 is 1.31 bits per heavy atom. The van der Waals surface area contributed by atoms with E-state index in [0.717, 1.165) is 56.1 Å². The van der Waals surface area contributed by atoms with Crippen LogP contribution < -0.4 is 5.32 Å². The SMILES string of the molecule is CC/C=C\C/C=C\C/C=C\C/C=C\C/C=C\CCCC(=O)CCCNC(=O)c1cncc(-c2ccccc2)c1. The van der Waals surface area contributed by atoms with Crippen molar-refractivity contribution in [2.24, 2.45) is 0 Å². The predicted molar refractivity (Wildman–Crippen MR) is 165 cm³/mol. The summed E-state index contributed by atoms with van der Waals surface area (Å²) in [6.45, 7) is 2.63. The van der Waals surface area contributed by atoms with Crippen LogP contribution in [0.5, 0.6) is 0 Å². The first-order chi connectivity index (χ1) is 19.2. The van der Waals surface area contributed by atoms with Gasteiger partial charge < -0.3 is 5.32 Å². The Hall–Kier alpha value is -3.79. The summed E-state index contributed by atoms with van der Waals surface area (Å²) >= 11 is 0. The topological polar surface area (TPSA) is 59.1 Å². The molecule has 0 saturated carbocycles. The molecule has 1 aromatic carbocycles. The van der Waals surface area contributed by atoms with Crippen LogP contribution in [0.25, 0.3) is 11.1 Å². The van der Waals surface area contributed by atoms with Crippen LogP contribution in [0.4, 0.5) is 0 Å². The lowest BCUT2D eigenvalue weighted by atomic mass is 10.1. The molecule has 39 heavy (non-hydrogen) atoms. The lowest BCUT2D eigenvalue weighted by Gasteiger charge is -2.07. The van der Waals surface area contributed by atoms with Crippen molar-refractivity contribution in [3.63, 3.8) is 0 Å². The van der Waals surface area contributed by atoms with Crippen LogP contribution in [0.2, 0.25) is 0 Å². The Labute approximate surface area is 235 Å². The highest BCUT2D eigenvalue weighted by atomic mass is 16.1. The third kappa shape index (κ3) is 15.3. The molecule has 1 N–H and O–H groups in total. The van der Waals surface area contributed by atoms with Gasteiger partial charge >= 0.3 is 0 Å². The number of nitrogens with zero attached hydrogens (tertiary/aromatic N) is 1. The van der Waals surface area contributed by atoms with E-state index in [1.165, 1.54) is 0 Å². The molecule has 0 radical (unpaired) electrons. The van der Waals surface area contributed by atoms with Gasteiger partial charge in [-0.3, -0.25) is 14.6 Å². The normalized spacial score (nSPS) is 12.0. The number of rotatable bonds is 19. The molecular formula is C35H44N2O2. The third-order valence-corrected chi connectivity index (χ3v) is 6.01. The summed E-state index contributed by atoms with van der Waals surface area (Å²) in [5.74, 6) is 0.0930. The summed E-state index contributed by atoms with van der Waals surface area (Å²) in [5.41, 5.74) is 2.46. The van der Waals surface area contributed by atoms with E-state index < -0.39 is 0 Å². The van der Waals surface area contributed by atoms with Crippen LogP contribution in [0.1, 0.15) is 81.5 Å². The molecule has 2 aromatic rings. The van der Waals surface area contributed by atoms with Gasteiger partial charge in [-0.05, 0) is 63.0 Å². The van der Waals surface area contributed by atoms with Crippen molar-refractivity contribution in [3.8, 4) is 11.1 Å². The Morgan fingerprint density at radius 1 is 0.718 bits per heavy atom. The molecule has 1 amide bonds. The fourth-order valence-corrected chi connectivity index (χ4v) is 3.85. The number of carbonyl (C=O) groups excluding carboxylic acids is 2. The number of carbonyl (C=O) groups is 2. The van der Waals surface area contributed by atoms with E-state index in [1.54, 1.807) is 12.4 Å². The van der Waals surface area contributed by atoms with Crippen molar-refractivity contribution < 1.29 is 9.59 Å². The van der Waals surface area contributed by atoms with E-state index in [1.807, 2.05) is 36.4 Å². The number of hydrogen-bond acceptors (Lipinski definition) is 3. The van der Waals surface area contributed by atoms with Gasteiger partial charge in [0.2, 0.25) is 0 Å². The number of benzene rings is 1. The highest BCUT2D eigenvalue weighted by Gasteiger charge is 2.08. The van der Waals surface area contributed by atoms with Gasteiger partial charge in [0.25, 0.3) is 5.91 Å². The first kappa shape index (κ1) is 31.4. The Morgan fingerprint density at radius 3 is 1.95 bits per heavy atom. The maximum atomic E-state index is 12.5. The number of ketones is 1. The summed E-state index contributed by atoms with van der Waals surface area (Å²) in [4.78, 5) is 28.8. The molecule has 0 spiro atoms. The van der Waals surface area contributed by atoms with Gasteiger partial charge in [-0.15, -0.1) is 0 Å². The summed E-state index contributed by atoms with van der Waals surface area (Å²) in [5, 5.41) is 2.90. The Balaban J connectivity index is 1.48. The summed E-state index contributed by atoms with van der Waals surface area (Å²) in [7, 11) is 0. The summed E-state index contributed by atoms with van der Waals surface area (Å²) < 4.78 is 0. The quantitative estimate of drug-likeness (QED) is 0.148. The highest BCUT2D eigenvalue weighted by molar-refractivity contribution is 5.95. The van der Waals surface area contributed by atoms with E-state index in [9.17, 15) is 9.59 Å². The number of nitrogens with one attached hydrogen (secondary N) is 1. The minimum Gasteiger partial charge on any atom is -0.352 e. The molecule has 0 aliphatic rings. The van der Waals surface area contributed by atoms with Crippen molar-refractivity contribution in [2.75, 3.05) is 6.54 Å². The molecule has 0 bridgehead atoms. The number of allylic oxidation sites excluding steroid dienone is 10. The van der Waals surface area contributed by atoms with E-state index in [-0.39, 0.29) is 11.7 Å². The second kappa shape index (κ2) is 21.2. The molecule has 0 aliphatic carbocycles. The van der Waals surface area contributed by atoms with Gasteiger partial charge in [-0.2, -0.15) is 0 Å². The zero-order chi connectivity index (χ0) is 27.8. The fraction of sp³-hybridized carbons (Fsp3) is 0.343. The second-order valence-electron chi connectivity index (χ2n) is 9.33. The minimum absolute atomic E-state index is 0.161. The van der Waals surface area contributed by atoms with Crippen LogP contribution in [0.3, 0.4) is 0 Å². The third-order valence-electron chi connectivity index (χ3n) is 6.01. The zero-order valence-corrected chi connectivity index (χ0v) is 23.4. The number of amides is 1. The molecule has 0 unspecified atom stereocenters. The van der Waals surface area contributed by atoms with E-state index in [0.29, 0.717) is 31.4 Å². The molecule has 4 heteroatoms. The molecule has 2 rings (SSSR count). The van der Waals surface area contributed by atoms with Gasteiger partial charge in [0, 0.05) is 37.3 Å². The van der Waals surface area contributed by atoms with Crippen LogP contribution in [0, 0.1) is 0 Å². The number of Topliss-reactive ketones (excluding diaryl/α,β-unsaturated/α-hetero) is 1. The van der Waals surface area contributed by atoms with Gasteiger partial charge in [-0.25, -0.2) is 0 Å². The largest absolute Gasteiger partial charge is 0.352 e. The van der Waals surface area contributed by atoms with Gasteiger partial charge in [0.1, 0.15) is 5.78 Å². The van der Waals surface area contributed by atoms with Crippen molar-refractivity contribution in [1.29, 1.82) is 0 Å². The molecule has 0 aliphatic heterocycles. The smallest absolute Gasteiger partial charge is 0.252 e. The minimum atomic E-state index is -0.161. The molecule has 1 aromatic heterocycles. The van der Waals surface area contributed by atoms with Gasteiger partial charge in [-0.1, -0.05) is 98.0 Å². The number of unbranched alkanes of at least 4 members (excludes halogenated alkanes) is 1. The summed E-state index contributed by atoms with van der Waals surface area (Å²) in [6.07, 6.45) is 33.7. The Kier molecular flexibility index (Phi) is 17.1. The molecule has 0 saturated heterocycles. The van der Waals surface area contributed by atoms with Crippen molar-refractivity contribution in [1.82, 2.24) is 10.3 Å². The second-order valence-corrected chi connectivity index (χ2v) is 9.33. The average Bonchev–Trinajstić information content (AvgIpc) is 2.97. The molecule has 0 fully saturated rings. The highest BCUT2D eigenvalue weighted by Crippen LogP contribution is 2.18. The molecule has 4 nitrogen and oxygen atoms in total. The van der Waals surface area contributed by atoms with Crippen LogP contribution in [-0.4, -0.2) is 23.2 Å². The maximum absolute atomic E-state index is 12.5. The van der Waals surface area contributed by atoms with Crippen molar-refractivity contribution in [2.45, 2.75) is 71.1 Å². The van der Waals surface area contributed by atoms with Gasteiger partial charge in [0.05, 0.1) is 5.56 Å². The molecule has 206 valence electrons. The van der Waals surface area contributed by atoms with Crippen LogP contribution in [-0.2, 0) is 4.79 Å². The molecule has 0 atom stereocenters. The number of hydrogen-bond donors (Lipinski definition) is 1. The Bertz CT molecular complexity index is 1110.